The zero-order valence-electron chi connectivity index (χ0n) is 15.3. The summed E-state index contributed by atoms with van der Waals surface area (Å²) >= 11 is 0. The Morgan fingerprint density at radius 3 is 2.15 bits per heavy atom. The molecule has 2 aromatic rings. The maximum Gasteiger partial charge on any atom is 0.253 e. The van der Waals surface area contributed by atoms with Gasteiger partial charge in [0.05, 0.1) is 4.90 Å². The molecular formula is C19H25N3O3S. The fourth-order valence-corrected chi connectivity index (χ4v) is 3.43. The molecule has 1 amide bonds. The maximum atomic E-state index is 12.5. The van der Waals surface area contributed by atoms with E-state index < -0.39 is 10.0 Å². The molecule has 0 saturated heterocycles. The summed E-state index contributed by atoms with van der Waals surface area (Å²) in [5.74, 6) is -0.154. The van der Waals surface area contributed by atoms with Gasteiger partial charge >= 0.3 is 0 Å². The molecule has 0 aliphatic heterocycles. The van der Waals surface area contributed by atoms with Crippen LogP contribution in [0.2, 0.25) is 0 Å². The number of likely N-dealkylation sites (N-methyl/N-ethyl adjacent to an activating group) is 1. The van der Waals surface area contributed by atoms with E-state index in [4.69, 9.17) is 0 Å². The Hall–Kier alpha value is -2.22. The van der Waals surface area contributed by atoms with Crippen LogP contribution in [0.1, 0.15) is 15.9 Å². The van der Waals surface area contributed by atoms with Crippen molar-refractivity contribution in [3.05, 3.63) is 65.7 Å². The van der Waals surface area contributed by atoms with Gasteiger partial charge in [0, 0.05) is 32.2 Å². The smallest absolute Gasteiger partial charge is 0.253 e. The first-order valence-corrected chi connectivity index (χ1v) is 9.82. The third-order valence-electron chi connectivity index (χ3n) is 3.87. The third-order valence-corrected chi connectivity index (χ3v) is 5.35. The number of sulfonamides is 1. The van der Waals surface area contributed by atoms with Crippen molar-refractivity contribution in [1.29, 1.82) is 0 Å². The van der Waals surface area contributed by atoms with Crippen molar-refractivity contribution in [3.63, 3.8) is 0 Å². The van der Waals surface area contributed by atoms with Gasteiger partial charge in [0.15, 0.2) is 0 Å². The molecule has 0 aliphatic carbocycles. The number of carbonyl (C=O) groups excluding carboxylic acids is 1. The minimum Gasteiger partial charge on any atom is -0.337 e. The molecule has 26 heavy (non-hydrogen) atoms. The highest BCUT2D eigenvalue weighted by atomic mass is 32.2. The van der Waals surface area contributed by atoms with E-state index in [-0.39, 0.29) is 10.8 Å². The number of benzene rings is 2. The number of hydrogen-bond acceptors (Lipinski definition) is 4. The molecule has 6 nitrogen and oxygen atoms in total. The van der Waals surface area contributed by atoms with E-state index in [1.165, 1.54) is 12.1 Å². The lowest BCUT2D eigenvalue weighted by Gasteiger charge is -2.17. The van der Waals surface area contributed by atoms with Crippen LogP contribution in [0.4, 0.5) is 0 Å². The minimum absolute atomic E-state index is 0.151. The molecule has 0 aromatic heterocycles. The second kappa shape index (κ2) is 8.93. The molecule has 0 fully saturated rings. The average molecular weight is 375 g/mol. The predicted octanol–water partition coefficient (Wildman–Crippen LogP) is 1.80. The molecule has 2 aromatic carbocycles. The van der Waals surface area contributed by atoms with Crippen LogP contribution in [0.15, 0.2) is 59.5 Å². The zero-order valence-corrected chi connectivity index (χ0v) is 16.2. The van der Waals surface area contributed by atoms with Crippen LogP contribution in [0.25, 0.3) is 0 Å². The summed E-state index contributed by atoms with van der Waals surface area (Å²) in [4.78, 5) is 16.2. The normalized spacial score (nSPS) is 11.5. The van der Waals surface area contributed by atoms with Gasteiger partial charge in [0.1, 0.15) is 0 Å². The van der Waals surface area contributed by atoms with Gasteiger partial charge in [-0.1, -0.05) is 30.3 Å². The van der Waals surface area contributed by atoms with E-state index in [0.29, 0.717) is 25.2 Å². The van der Waals surface area contributed by atoms with Crippen molar-refractivity contribution in [2.45, 2.75) is 11.4 Å². The Balaban J connectivity index is 2.02. The zero-order chi connectivity index (χ0) is 19.2. The van der Waals surface area contributed by atoms with Crippen molar-refractivity contribution in [3.8, 4) is 0 Å². The summed E-state index contributed by atoms with van der Waals surface area (Å²) in [5.41, 5.74) is 1.49. The summed E-state index contributed by atoms with van der Waals surface area (Å²) in [5, 5.41) is 0. The molecule has 0 bridgehead atoms. The van der Waals surface area contributed by atoms with Gasteiger partial charge in [0.2, 0.25) is 10.0 Å². The van der Waals surface area contributed by atoms with Crippen molar-refractivity contribution in [2.75, 3.05) is 34.2 Å². The molecule has 0 spiro atoms. The highest BCUT2D eigenvalue weighted by Gasteiger charge is 2.16. The van der Waals surface area contributed by atoms with E-state index in [2.05, 4.69) is 4.72 Å². The van der Waals surface area contributed by atoms with E-state index in [1.807, 2.05) is 49.3 Å². The van der Waals surface area contributed by atoms with Crippen LogP contribution in [0.5, 0.6) is 0 Å². The van der Waals surface area contributed by atoms with E-state index in [9.17, 15) is 13.2 Å². The molecule has 0 aliphatic rings. The van der Waals surface area contributed by atoms with Crippen molar-refractivity contribution in [1.82, 2.24) is 14.5 Å². The fourth-order valence-electron chi connectivity index (χ4n) is 2.41. The topological polar surface area (TPSA) is 69.7 Å². The molecule has 7 heteroatoms. The van der Waals surface area contributed by atoms with Gasteiger partial charge in [-0.15, -0.1) is 0 Å². The van der Waals surface area contributed by atoms with Crippen LogP contribution >= 0.6 is 0 Å². The van der Waals surface area contributed by atoms with Crippen LogP contribution in [0.3, 0.4) is 0 Å². The number of hydrogen-bond donors (Lipinski definition) is 1. The van der Waals surface area contributed by atoms with Crippen molar-refractivity contribution in [2.24, 2.45) is 0 Å². The highest BCUT2D eigenvalue weighted by Crippen LogP contribution is 2.13. The molecular weight excluding hydrogens is 350 g/mol. The SMILES string of the molecule is CN(C)CCNS(=O)(=O)c1ccc(C(=O)N(C)Cc2ccccc2)cc1. The predicted molar refractivity (Wildman–Crippen MR) is 102 cm³/mol. The lowest BCUT2D eigenvalue weighted by molar-refractivity contribution is 0.0785. The quantitative estimate of drug-likeness (QED) is 0.764. The number of nitrogens with zero attached hydrogens (tertiary/aromatic N) is 2. The summed E-state index contributed by atoms with van der Waals surface area (Å²) in [6, 6.07) is 15.7. The molecule has 0 unspecified atom stereocenters. The molecule has 0 radical (unpaired) electrons. The number of nitrogens with one attached hydrogen (secondary N) is 1. The van der Waals surface area contributed by atoms with E-state index >= 15 is 0 Å². The second-order valence-corrected chi connectivity index (χ2v) is 8.14. The number of carbonyl (C=O) groups is 1. The lowest BCUT2D eigenvalue weighted by atomic mass is 10.1. The van der Waals surface area contributed by atoms with Gasteiger partial charge in [-0.05, 0) is 43.9 Å². The average Bonchev–Trinajstić information content (AvgIpc) is 2.61. The molecule has 140 valence electrons. The van der Waals surface area contributed by atoms with E-state index in [0.717, 1.165) is 5.56 Å². The van der Waals surface area contributed by atoms with Gasteiger partial charge < -0.3 is 9.80 Å². The van der Waals surface area contributed by atoms with Crippen LogP contribution in [-0.2, 0) is 16.6 Å². The maximum absolute atomic E-state index is 12.5. The Morgan fingerprint density at radius 1 is 0.962 bits per heavy atom. The van der Waals surface area contributed by atoms with Gasteiger partial charge in [0.25, 0.3) is 5.91 Å². The Kier molecular flexibility index (Phi) is 6.90. The van der Waals surface area contributed by atoms with Crippen LogP contribution in [0, 0.1) is 0 Å². The monoisotopic (exact) mass is 375 g/mol. The van der Waals surface area contributed by atoms with Crippen LogP contribution in [-0.4, -0.2) is 58.4 Å². The minimum atomic E-state index is -3.57. The second-order valence-electron chi connectivity index (χ2n) is 6.37. The van der Waals surface area contributed by atoms with Crippen molar-refractivity contribution >= 4 is 15.9 Å². The molecule has 0 saturated carbocycles. The van der Waals surface area contributed by atoms with Gasteiger partial charge in [-0.2, -0.15) is 0 Å². The van der Waals surface area contributed by atoms with Gasteiger partial charge in [-0.25, -0.2) is 13.1 Å². The Labute approximate surface area is 155 Å². The first-order chi connectivity index (χ1) is 12.3. The standard InChI is InChI=1S/C19H25N3O3S/c1-21(2)14-13-20-26(24,25)18-11-9-17(10-12-18)19(23)22(3)15-16-7-5-4-6-8-16/h4-12,20H,13-15H2,1-3H3. The third kappa shape index (κ3) is 5.66. The molecule has 1 N–H and O–H groups in total. The first-order valence-electron chi connectivity index (χ1n) is 8.33. The first kappa shape index (κ1) is 20.1. The Bertz CT molecular complexity index is 819. The fraction of sp³-hybridized carbons (Fsp3) is 0.316. The number of amides is 1. The Morgan fingerprint density at radius 2 is 1.58 bits per heavy atom. The van der Waals surface area contributed by atoms with E-state index in [1.54, 1.807) is 24.1 Å². The summed E-state index contributed by atoms with van der Waals surface area (Å²) in [6.07, 6.45) is 0. The number of rotatable bonds is 8. The molecule has 0 atom stereocenters. The molecule has 0 heterocycles. The van der Waals surface area contributed by atoms with Gasteiger partial charge in [-0.3, -0.25) is 4.79 Å². The molecule has 2 rings (SSSR count). The largest absolute Gasteiger partial charge is 0.337 e. The highest BCUT2D eigenvalue weighted by molar-refractivity contribution is 7.89. The lowest BCUT2D eigenvalue weighted by Crippen LogP contribution is -2.31. The van der Waals surface area contributed by atoms with Crippen molar-refractivity contribution < 1.29 is 13.2 Å². The van der Waals surface area contributed by atoms with Crippen LogP contribution < -0.4 is 4.72 Å². The summed E-state index contributed by atoms with van der Waals surface area (Å²) < 4.78 is 27.0. The summed E-state index contributed by atoms with van der Waals surface area (Å²) in [7, 11) is 1.91. The summed E-state index contributed by atoms with van der Waals surface area (Å²) in [6.45, 7) is 1.43.